The minimum absolute atomic E-state index is 0.0894. The Morgan fingerprint density at radius 2 is 1.79 bits per heavy atom. The summed E-state index contributed by atoms with van der Waals surface area (Å²) >= 11 is 7.56. The van der Waals surface area contributed by atoms with E-state index in [2.05, 4.69) is 11.9 Å². The Morgan fingerprint density at radius 1 is 1.09 bits per heavy atom. The van der Waals surface area contributed by atoms with Crippen molar-refractivity contribution in [3.8, 4) is 5.75 Å². The van der Waals surface area contributed by atoms with Crippen molar-refractivity contribution in [2.45, 2.75) is 11.9 Å². The van der Waals surface area contributed by atoms with Gasteiger partial charge in [-0.1, -0.05) is 48.5 Å². The third-order valence-electron chi connectivity index (χ3n) is 5.17. The van der Waals surface area contributed by atoms with E-state index in [1.165, 1.54) is 0 Å². The molecule has 0 spiro atoms. The lowest BCUT2D eigenvalue weighted by molar-refractivity contribution is -0.128. The zero-order valence-corrected chi connectivity index (χ0v) is 19.4. The highest BCUT2D eigenvalue weighted by Crippen LogP contribution is 2.39. The molecule has 4 rings (SSSR count). The smallest absolute Gasteiger partial charge is 0.255 e. The maximum Gasteiger partial charge on any atom is 0.255 e. The molecule has 2 amide bonds. The summed E-state index contributed by atoms with van der Waals surface area (Å²) in [6.45, 7) is 4.57. The van der Waals surface area contributed by atoms with Crippen molar-refractivity contribution < 1.29 is 14.3 Å². The Labute approximate surface area is 202 Å². The number of nitrogens with zero attached hydrogens (tertiary/aromatic N) is 1. The number of hydrogen-bond acceptors (Lipinski definition) is 4. The van der Waals surface area contributed by atoms with Crippen LogP contribution in [0.1, 0.15) is 26.9 Å². The molecule has 1 N–H and O–H groups in total. The maximum absolute atomic E-state index is 12.7. The highest BCUT2D eigenvalue weighted by atomic mass is 35.5. The molecule has 7 heteroatoms. The summed E-state index contributed by atoms with van der Waals surface area (Å²) in [5.74, 6) is 1.05. The molecular weight excluding hydrogens is 456 g/mol. The molecule has 1 heterocycles. The monoisotopic (exact) mass is 478 g/mol. The van der Waals surface area contributed by atoms with E-state index < -0.39 is 0 Å². The minimum atomic E-state index is -0.200. The Morgan fingerprint density at radius 3 is 2.45 bits per heavy atom. The van der Waals surface area contributed by atoms with Crippen LogP contribution in [-0.4, -0.2) is 29.1 Å². The molecular formula is C26H23ClN2O3S. The van der Waals surface area contributed by atoms with Gasteiger partial charge in [-0.05, 0) is 59.7 Å². The number of thioether (sulfide) groups is 1. The molecule has 1 saturated heterocycles. The normalized spacial score (nSPS) is 15.4. The first-order valence-electron chi connectivity index (χ1n) is 10.4. The van der Waals surface area contributed by atoms with E-state index in [0.29, 0.717) is 40.9 Å². The van der Waals surface area contributed by atoms with Crippen molar-refractivity contribution in [2.75, 3.05) is 17.7 Å². The number of carbonyl (C=O) groups is 2. The molecule has 0 aromatic heterocycles. The first-order chi connectivity index (χ1) is 16.0. The molecule has 0 aliphatic carbocycles. The van der Waals surface area contributed by atoms with Crippen LogP contribution in [-0.2, 0) is 11.3 Å². The molecule has 0 bridgehead atoms. The van der Waals surface area contributed by atoms with Crippen LogP contribution >= 0.6 is 23.4 Å². The van der Waals surface area contributed by atoms with Gasteiger partial charge in [-0.25, -0.2) is 0 Å². The number of nitrogens with one attached hydrogen (secondary N) is 1. The number of anilines is 1. The van der Waals surface area contributed by atoms with Crippen molar-refractivity contribution in [3.05, 3.63) is 107 Å². The van der Waals surface area contributed by atoms with Crippen molar-refractivity contribution in [1.82, 2.24) is 4.90 Å². The topological polar surface area (TPSA) is 58.6 Å². The average molecular weight is 479 g/mol. The Bertz CT molecular complexity index is 1130. The molecule has 1 aliphatic heterocycles. The number of benzene rings is 3. The van der Waals surface area contributed by atoms with Gasteiger partial charge < -0.3 is 15.0 Å². The van der Waals surface area contributed by atoms with Gasteiger partial charge in [0.1, 0.15) is 17.7 Å². The molecule has 1 atom stereocenters. The largest absolute Gasteiger partial charge is 0.490 e. The molecule has 0 radical (unpaired) electrons. The van der Waals surface area contributed by atoms with Gasteiger partial charge in [-0.2, -0.15) is 0 Å². The van der Waals surface area contributed by atoms with E-state index in [9.17, 15) is 9.59 Å². The van der Waals surface area contributed by atoms with E-state index in [-0.39, 0.29) is 17.2 Å². The lowest BCUT2D eigenvalue weighted by Gasteiger charge is -2.24. The zero-order valence-electron chi connectivity index (χ0n) is 17.9. The first kappa shape index (κ1) is 23.0. The predicted octanol–water partition coefficient (Wildman–Crippen LogP) is 5.93. The third kappa shape index (κ3) is 5.78. The highest BCUT2D eigenvalue weighted by molar-refractivity contribution is 8.00. The number of halogens is 1. The molecule has 1 aliphatic rings. The van der Waals surface area contributed by atoms with Gasteiger partial charge >= 0.3 is 0 Å². The van der Waals surface area contributed by atoms with Crippen molar-refractivity contribution >= 4 is 40.9 Å². The van der Waals surface area contributed by atoms with E-state index in [0.717, 1.165) is 11.1 Å². The van der Waals surface area contributed by atoms with Crippen LogP contribution in [0.4, 0.5) is 5.69 Å². The summed E-state index contributed by atoms with van der Waals surface area (Å²) in [4.78, 5) is 27.0. The lowest BCUT2D eigenvalue weighted by atomic mass is 10.1. The van der Waals surface area contributed by atoms with Crippen LogP contribution in [0.3, 0.4) is 0 Å². The standard InChI is InChI=1S/C26H23ClN2O3S/c1-2-15-32-23-13-11-22(12-14-23)28-25(31)19-5-7-20(8-6-19)26-29(24(30)17-33-26)16-18-3-9-21(27)10-4-18/h2-14,26H,1,15-17H2,(H,28,31)/t26-/m1/s1. The van der Waals surface area contributed by atoms with Gasteiger partial charge in [0.25, 0.3) is 5.91 Å². The molecule has 1 fully saturated rings. The van der Waals surface area contributed by atoms with Gasteiger partial charge in [0.15, 0.2) is 0 Å². The number of carbonyl (C=O) groups excluding carboxylic acids is 2. The third-order valence-corrected chi connectivity index (χ3v) is 6.68. The summed E-state index contributed by atoms with van der Waals surface area (Å²) < 4.78 is 5.45. The van der Waals surface area contributed by atoms with Crippen LogP contribution in [0.15, 0.2) is 85.5 Å². The van der Waals surface area contributed by atoms with Crippen LogP contribution in [0, 0.1) is 0 Å². The second-order valence-corrected chi connectivity index (χ2v) is 9.02. The average Bonchev–Trinajstić information content (AvgIpc) is 3.20. The molecule has 3 aromatic rings. The summed E-state index contributed by atoms with van der Waals surface area (Å²) in [5.41, 5.74) is 3.24. The van der Waals surface area contributed by atoms with Gasteiger partial charge in [-0.15, -0.1) is 11.8 Å². The molecule has 5 nitrogen and oxygen atoms in total. The van der Waals surface area contributed by atoms with Gasteiger partial charge in [0.2, 0.25) is 5.91 Å². The summed E-state index contributed by atoms with van der Waals surface area (Å²) in [5, 5.41) is 3.47. The Kier molecular flexibility index (Phi) is 7.37. The minimum Gasteiger partial charge on any atom is -0.490 e. The van der Waals surface area contributed by atoms with E-state index in [1.807, 2.05) is 41.3 Å². The fourth-order valence-electron chi connectivity index (χ4n) is 3.48. The maximum atomic E-state index is 12.7. The number of hydrogen-bond donors (Lipinski definition) is 1. The SMILES string of the molecule is C=CCOc1ccc(NC(=O)c2ccc([C@H]3SCC(=O)N3Cc3ccc(Cl)cc3)cc2)cc1. The fraction of sp³-hybridized carbons (Fsp3) is 0.154. The summed E-state index contributed by atoms with van der Waals surface area (Å²) in [7, 11) is 0. The fourth-order valence-corrected chi connectivity index (χ4v) is 4.79. The van der Waals surface area contributed by atoms with Gasteiger partial charge in [0.05, 0.1) is 5.75 Å². The van der Waals surface area contributed by atoms with E-state index in [4.69, 9.17) is 16.3 Å². The van der Waals surface area contributed by atoms with Crippen LogP contribution in [0.25, 0.3) is 0 Å². The Hall–Kier alpha value is -3.22. The highest BCUT2D eigenvalue weighted by Gasteiger charge is 2.32. The van der Waals surface area contributed by atoms with Gasteiger partial charge in [0, 0.05) is 22.8 Å². The van der Waals surface area contributed by atoms with E-state index >= 15 is 0 Å². The lowest BCUT2D eigenvalue weighted by Crippen LogP contribution is -2.27. The second kappa shape index (κ2) is 10.6. The van der Waals surface area contributed by atoms with Crippen LogP contribution < -0.4 is 10.1 Å². The zero-order chi connectivity index (χ0) is 23.2. The Balaban J connectivity index is 1.41. The quantitative estimate of drug-likeness (QED) is 0.407. The van der Waals surface area contributed by atoms with Crippen molar-refractivity contribution in [3.63, 3.8) is 0 Å². The van der Waals surface area contributed by atoms with Crippen molar-refractivity contribution in [2.24, 2.45) is 0 Å². The van der Waals surface area contributed by atoms with Gasteiger partial charge in [-0.3, -0.25) is 9.59 Å². The number of amides is 2. The summed E-state index contributed by atoms with van der Waals surface area (Å²) in [6, 6.07) is 22.1. The first-order valence-corrected chi connectivity index (χ1v) is 11.9. The number of rotatable bonds is 8. The van der Waals surface area contributed by atoms with Crippen LogP contribution in [0.2, 0.25) is 5.02 Å². The molecule has 3 aromatic carbocycles. The van der Waals surface area contributed by atoms with Crippen molar-refractivity contribution in [1.29, 1.82) is 0 Å². The molecule has 0 unspecified atom stereocenters. The van der Waals surface area contributed by atoms with Crippen LogP contribution in [0.5, 0.6) is 5.75 Å². The number of ether oxygens (including phenoxy) is 1. The second-order valence-electron chi connectivity index (χ2n) is 7.51. The summed E-state index contributed by atoms with van der Waals surface area (Å²) in [6.07, 6.45) is 1.68. The van der Waals surface area contributed by atoms with E-state index in [1.54, 1.807) is 54.2 Å². The molecule has 0 saturated carbocycles. The molecule has 168 valence electrons. The predicted molar refractivity (Wildman–Crippen MR) is 134 cm³/mol. The molecule has 33 heavy (non-hydrogen) atoms.